The highest BCUT2D eigenvalue weighted by atomic mass is 32.2. The molecule has 0 aliphatic heterocycles. The number of hydrogen-bond acceptors (Lipinski definition) is 6. The van der Waals surface area contributed by atoms with Gasteiger partial charge in [-0.15, -0.1) is 10.2 Å². The molecule has 1 heterocycles. The Morgan fingerprint density at radius 1 is 1.10 bits per heavy atom. The van der Waals surface area contributed by atoms with E-state index in [1.165, 1.54) is 11.8 Å². The first-order valence-corrected chi connectivity index (χ1v) is 10.2. The van der Waals surface area contributed by atoms with Crippen LogP contribution in [0, 0.1) is 0 Å². The van der Waals surface area contributed by atoms with Gasteiger partial charge >= 0.3 is 0 Å². The Kier molecular flexibility index (Phi) is 7.13. The third-order valence-corrected chi connectivity index (χ3v) is 5.38. The van der Waals surface area contributed by atoms with Crippen LogP contribution in [0.15, 0.2) is 59.8 Å². The van der Waals surface area contributed by atoms with Crippen molar-refractivity contribution in [1.29, 1.82) is 0 Å². The van der Waals surface area contributed by atoms with E-state index in [-0.39, 0.29) is 24.3 Å². The monoisotopic (exact) mass is 412 g/mol. The number of amides is 1. The zero-order valence-electron chi connectivity index (χ0n) is 16.7. The molecule has 1 atom stereocenters. The molecule has 0 bridgehead atoms. The second kappa shape index (κ2) is 9.97. The zero-order chi connectivity index (χ0) is 20.6. The fourth-order valence-electron chi connectivity index (χ4n) is 2.72. The van der Waals surface area contributed by atoms with Crippen LogP contribution in [0.5, 0.6) is 11.5 Å². The minimum atomic E-state index is -0.0545. The molecule has 3 rings (SSSR count). The van der Waals surface area contributed by atoms with Crippen LogP contribution in [0.25, 0.3) is 0 Å². The fraction of sp³-hybridized carbons (Fsp3) is 0.286. The van der Waals surface area contributed by atoms with Crippen molar-refractivity contribution in [3.8, 4) is 11.5 Å². The molecule has 7 nitrogen and oxygen atoms in total. The molecular formula is C21H24N4O3S. The number of para-hydroxylation sites is 2. The lowest BCUT2D eigenvalue weighted by Crippen LogP contribution is -2.28. The van der Waals surface area contributed by atoms with E-state index in [2.05, 4.69) is 15.5 Å². The molecule has 0 fully saturated rings. The highest BCUT2D eigenvalue weighted by molar-refractivity contribution is 7.99. The molecule has 2 aromatic carbocycles. The molecule has 1 amide bonds. The molecule has 29 heavy (non-hydrogen) atoms. The minimum absolute atomic E-state index is 0.0476. The summed E-state index contributed by atoms with van der Waals surface area (Å²) < 4.78 is 12.9. The summed E-state index contributed by atoms with van der Waals surface area (Å²) in [6.45, 7) is 2.22. The minimum Gasteiger partial charge on any atom is -0.493 e. The molecule has 0 unspecified atom stereocenters. The summed E-state index contributed by atoms with van der Waals surface area (Å²) in [5, 5.41) is 12.0. The standard InChI is InChI=1S/C21H24N4O3S/c1-15(16-9-5-4-6-10-16)22-20(26)14-29-21-24-23-19(25(21)2)13-28-18-12-8-7-11-17(18)27-3/h4-12,15H,13-14H2,1-3H3,(H,22,26)/t15-/m1/s1. The quantitative estimate of drug-likeness (QED) is 0.543. The lowest BCUT2D eigenvalue weighted by atomic mass is 10.1. The smallest absolute Gasteiger partial charge is 0.230 e. The number of hydrogen-bond donors (Lipinski definition) is 1. The topological polar surface area (TPSA) is 78.3 Å². The summed E-state index contributed by atoms with van der Waals surface area (Å²) in [6, 6.07) is 17.2. The number of methoxy groups -OCH3 is 1. The summed E-state index contributed by atoms with van der Waals surface area (Å²) in [7, 11) is 3.46. The van der Waals surface area contributed by atoms with E-state index in [0.29, 0.717) is 22.5 Å². The number of carbonyl (C=O) groups is 1. The van der Waals surface area contributed by atoms with Crippen molar-refractivity contribution in [2.45, 2.75) is 24.7 Å². The van der Waals surface area contributed by atoms with Gasteiger partial charge in [-0.25, -0.2) is 0 Å². The van der Waals surface area contributed by atoms with Crippen LogP contribution in [0.2, 0.25) is 0 Å². The van der Waals surface area contributed by atoms with Gasteiger partial charge in [0.15, 0.2) is 22.5 Å². The maximum absolute atomic E-state index is 12.3. The Hall–Kier alpha value is -3.00. The molecule has 0 radical (unpaired) electrons. The number of aromatic nitrogens is 3. The predicted octanol–water partition coefficient (Wildman–Crippen LogP) is 3.37. The van der Waals surface area contributed by atoms with Gasteiger partial charge in [0.1, 0.15) is 6.61 Å². The van der Waals surface area contributed by atoms with Crippen molar-refractivity contribution in [1.82, 2.24) is 20.1 Å². The number of ether oxygens (including phenoxy) is 2. The first-order valence-electron chi connectivity index (χ1n) is 9.19. The maximum atomic E-state index is 12.3. The SMILES string of the molecule is COc1ccccc1OCc1nnc(SCC(=O)N[C@H](C)c2ccccc2)n1C. The van der Waals surface area contributed by atoms with Crippen molar-refractivity contribution in [2.75, 3.05) is 12.9 Å². The third-order valence-electron chi connectivity index (χ3n) is 4.36. The van der Waals surface area contributed by atoms with Gasteiger partial charge in [-0.1, -0.05) is 54.2 Å². The molecule has 3 aromatic rings. The van der Waals surface area contributed by atoms with E-state index < -0.39 is 0 Å². The Bertz CT molecular complexity index is 946. The average Bonchev–Trinajstić information content (AvgIpc) is 3.11. The van der Waals surface area contributed by atoms with E-state index in [9.17, 15) is 4.79 Å². The van der Waals surface area contributed by atoms with Crippen LogP contribution >= 0.6 is 11.8 Å². The van der Waals surface area contributed by atoms with E-state index >= 15 is 0 Å². The second-order valence-electron chi connectivity index (χ2n) is 6.39. The van der Waals surface area contributed by atoms with Gasteiger partial charge in [0.2, 0.25) is 5.91 Å². The van der Waals surface area contributed by atoms with Gasteiger partial charge in [0.05, 0.1) is 18.9 Å². The second-order valence-corrected chi connectivity index (χ2v) is 7.33. The van der Waals surface area contributed by atoms with Gasteiger partial charge in [-0.2, -0.15) is 0 Å². The van der Waals surface area contributed by atoms with Crippen molar-refractivity contribution >= 4 is 17.7 Å². The Morgan fingerprint density at radius 3 is 2.52 bits per heavy atom. The summed E-state index contributed by atoms with van der Waals surface area (Å²) in [4.78, 5) is 12.3. The molecule has 0 aliphatic rings. The van der Waals surface area contributed by atoms with Crippen LogP contribution in [0.1, 0.15) is 24.4 Å². The van der Waals surface area contributed by atoms with Gasteiger partial charge in [-0.05, 0) is 24.6 Å². The van der Waals surface area contributed by atoms with Crippen molar-refractivity contribution in [3.05, 3.63) is 66.0 Å². The Balaban J connectivity index is 1.52. The van der Waals surface area contributed by atoms with Crippen molar-refractivity contribution in [3.63, 3.8) is 0 Å². The van der Waals surface area contributed by atoms with Crippen LogP contribution in [0.3, 0.4) is 0 Å². The van der Waals surface area contributed by atoms with E-state index in [4.69, 9.17) is 9.47 Å². The molecule has 1 N–H and O–H groups in total. The first kappa shape index (κ1) is 20.7. The number of rotatable bonds is 9. The number of nitrogens with zero attached hydrogens (tertiary/aromatic N) is 3. The normalized spacial score (nSPS) is 11.7. The number of carbonyl (C=O) groups excluding carboxylic acids is 1. The molecule has 0 aliphatic carbocycles. The number of nitrogens with one attached hydrogen (secondary N) is 1. The number of thioether (sulfide) groups is 1. The van der Waals surface area contributed by atoms with Crippen LogP contribution < -0.4 is 14.8 Å². The fourth-order valence-corrected chi connectivity index (χ4v) is 3.46. The lowest BCUT2D eigenvalue weighted by molar-refractivity contribution is -0.119. The van der Waals surface area contributed by atoms with E-state index in [1.54, 1.807) is 7.11 Å². The summed E-state index contributed by atoms with van der Waals surface area (Å²) >= 11 is 1.34. The van der Waals surface area contributed by atoms with Gasteiger partial charge in [0.25, 0.3) is 0 Å². The van der Waals surface area contributed by atoms with Gasteiger partial charge in [0, 0.05) is 7.05 Å². The van der Waals surface area contributed by atoms with Crippen LogP contribution in [0.4, 0.5) is 0 Å². The average molecular weight is 413 g/mol. The maximum Gasteiger partial charge on any atom is 0.230 e. The van der Waals surface area contributed by atoms with E-state index in [0.717, 1.165) is 5.56 Å². The Labute approximate surface area is 174 Å². The van der Waals surface area contributed by atoms with Crippen LogP contribution in [-0.4, -0.2) is 33.5 Å². The summed E-state index contributed by atoms with van der Waals surface area (Å²) in [6.07, 6.45) is 0. The Morgan fingerprint density at radius 2 is 1.79 bits per heavy atom. The molecule has 0 saturated carbocycles. The summed E-state index contributed by atoms with van der Waals surface area (Å²) in [5.41, 5.74) is 1.07. The van der Waals surface area contributed by atoms with Crippen molar-refractivity contribution < 1.29 is 14.3 Å². The molecule has 0 spiro atoms. The molecule has 1 aromatic heterocycles. The van der Waals surface area contributed by atoms with Crippen molar-refractivity contribution in [2.24, 2.45) is 7.05 Å². The van der Waals surface area contributed by atoms with Crippen LogP contribution in [-0.2, 0) is 18.4 Å². The predicted molar refractivity (Wildman–Crippen MR) is 112 cm³/mol. The highest BCUT2D eigenvalue weighted by Crippen LogP contribution is 2.26. The molecular weight excluding hydrogens is 388 g/mol. The zero-order valence-corrected chi connectivity index (χ0v) is 17.5. The first-order chi connectivity index (χ1) is 14.1. The largest absolute Gasteiger partial charge is 0.493 e. The van der Waals surface area contributed by atoms with E-state index in [1.807, 2.05) is 73.1 Å². The van der Waals surface area contributed by atoms with Gasteiger partial charge in [-0.3, -0.25) is 4.79 Å². The molecule has 8 heteroatoms. The molecule has 152 valence electrons. The third kappa shape index (κ3) is 5.51. The molecule has 0 saturated heterocycles. The number of benzene rings is 2. The lowest BCUT2D eigenvalue weighted by Gasteiger charge is -2.14. The highest BCUT2D eigenvalue weighted by Gasteiger charge is 2.14. The van der Waals surface area contributed by atoms with Gasteiger partial charge < -0.3 is 19.4 Å². The summed E-state index contributed by atoms with van der Waals surface area (Å²) in [5.74, 6) is 2.17.